The highest BCUT2D eigenvalue weighted by molar-refractivity contribution is 5.32. The van der Waals surface area contributed by atoms with Crippen LogP contribution in [0.3, 0.4) is 0 Å². The molecule has 2 aliphatic rings. The second-order valence-corrected chi connectivity index (χ2v) is 10.9. The Kier molecular flexibility index (Phi) is 10.0. The van der Waals surface area contributed by atoms with Crippen molar-refractivity contribution in [1.29, 1.82) is 0 Å². The molecule has 0 atom stereocenters. The molecule has 0 saturated heterocycles. The first-order chi connectivity index (χ1) is 18.7. The maximum absolute atomic E-state index is 15.0. The van der Waals surface area contributed by atoms with Crippen LogP contribution >= 0.6 is 0 Å². The van der Waals surface area contributed by atoms with Crippen LogP contribution in [-0.2, 0) is 10.8 Å². The molecular weight excluding hydrogens is 518 g/mol. The molecule has 0 aliphatic heterocycles. The first-order valence-electron chi connectivity index (χ1n) is 14.0. The van der Waals surface area contributed by atoms with E-state index in [4.69, 9.17) is 9.47 Å². The predicted molar refractivity (Wildman–Crippen MR) is 138 cm³/mol. The topological polar surface area (TPSA) is 18.5 Å². The van der Waals surface area contributed by atoms with Gasteiger partial charge in [0, 0.05) is 0 Å². The number of halogens is 6. The van der Waals surface area contributed by atoms with Gasteiger partial charge in [0.2, 0.25) is 0 Å². The summed E-state index contributed by atoms with van der Waals surface area (Å²) < 4.78 is 94.1. The van der Waals surface area contributed by atoms with E-state index < -0.39 is 35.5 Å². The van der Waals surface area contributed by atoms with Crippen LogP contribution in [0, 0.1) is 17.6 Å². The van der Waals surface area contributed by atoms with Crippen LogP contribution < -0.4 is 4.74 Å². The fourth-order valence-corrected chi connectivity index (χ4v) is 6.10. The lowest BCUT2D eigenvalue weighted by molar-refractivity contribution is -0.280. The van der Waals surface area contributed by atoms with Crippen LogP contribution in [-0.4, -0.2) is 6.10 Å². The minimum atomic E-state index is -4.08. The summed E-state index contributed by atoms with van der Waals surface area (Å²) in [5, 5.41) is 0. The highest BCUT2D eigenvalue weighted by Gasteiger charge is 2.43. The maximum Gasteiger partial charge on any atom is 0.389 e. The molecule has 0 bridgehead atoms. The van der Waals surface area contributed by atoms with Gasteiger partial charge in [-0.2, -0.15) is 17.6 Å². The Labute approximate surface area is 226 Å². The summed E-state index contributed by atoms with van der Waals surface area (Å²) in [6.07, 6.45) is 2.29. The lowest BCUT2D eigenvalue weighted by Crippen LogP contribution is -2.31. The molecule has 0 spiro atoms. The molecule has 8 heteroatoms. The molecule has 0 N–H and O–H groups in total. The number of hydrogen-bond donors (Lipinski definition) is 0. The Hall–Kier alpha value is -2.48. The van der Waals surface area contributed by atoms with E-state index in [1.54, 1.807) is 24.3 Å². The molecule has 2 aromatic rings. The Bertz CT molecular complexity index is 1070. The largest absolute Gasteiger partial charge is 0.459 e. The molecule has 2 fully saturated rings. The second-order valence-electron chi connectivity index (χ2n) is 10.9. The van der Waals surface area contributed by atoms with Crippen molar-refractivity contribution in [2.24, 2.45) is 5.92 Å². The zero-order chi connectivity index (χ0) is 28.0. The van der Waals surface area contributed by atoms with Gasteiger partial charge in [-0.3, -0.25) is 0 Å². The normalized spacial score (nSPS) is 23.9. The SMILES string of the molecule is CCCCC1CCC(c2cc(F)c(C(F)(F)OC3CCC(c4ccc(OC=C(F)F)cc4)CC3)c(F)c2)CC1. The summed E-state index contributed by atoms with van der Waals surface area (Å²) in [4.78, 5) is 0. The summed E-state index contributed by atoms with van der Waals surface area (Å²) in [6, 6.07) is 8.77. The summed E-state index contributed by atoms with van der Waals surface area (Å²) in [6.45, 7) is 2.16. The fraction of sp³-hybridized carbons (Fsp3) is 0.548. The van der Waals surface area contributed by atoms with E-state index in [9.17, 15) is 17.6 Å². The molecule has 0 unspecified atom stereocenters. The van der Waals surface area contributed by atoms with Gasteiger partial charge in [-0.05, 0) is 105 Å². The third-order valence-corrected chi connectivity index (χ3v) is 8.26. The molecule has 2 aromatic carbocycles. The van der Waals surface area contributed by atoms with E-state index in [1.165, 1.54) is 12.8 Å². The van der Waals surface area contributed by atoms with Gasteiger partial charge in [0.05, 0.1) is 6.10 Å². The molecule has 0 radical (unpaired) electrons. The van der Waals surface area contributed by atoms with Crippen molar-refractivity contribution in [3.05, 3.63) is 77.1 Å². The van der Waals surface area contributed by atoms with Gasteiger partial charge in [0.25, 0.3) is 0 Å². The molecule has 0 amide bonds. The number of hydrogen-bond acceptors (Lipinski definition) is 2. The van der Waals surface area contributed by atoms with Gasteiger partial charge in [-0.15, -0.1) is 0 Å². The van der Waals surface area contributed by atoms with Gasteiger partial charge in [-0.25, -0.2) is 8.78 Å². The van der Waals surface area contributed by atoms with Gasteiger partial charge in [-0.1, -0.05) is 38.3 Å². The molecule has 2 nitrogen and oxygen atoms in total. The number of rotatable bonds is 10. The summed E-state index contributed by atoms with van der Waals surface area (Å²) >= 11 is 0. The first kappa shape index (κ1) is 29.5. The fourth-order valence-electron chi connectivity index (χ4n) is 6.10. The van der Waals surface area contributed by atoms with E-state index >= 15 is 8.78 Å². The standard InChI is InChI=1S/C31H36F6O2/c1-2-3-4-20-5-7-23(8-6-20)24-17-27(32)30(28(33)18-24)31(36,37)39-26-15-11-22(12-16-26)21-9-13-25(14-10-21)38-19-29(34)35/h9-10,13-14,17-20,22-23,26H,2-8,11-12,15-16H2,1H3. The summed E-state index contributed by atoms with van der Waals surface area (Å²) in [7, 11) is 0. The van der Waals surface area contributed by atoms with Gasteiger partial charge in [0.15, 0.2) is 6.26 Å². The van der Waals surface area contributed by atoms with E-state index in [0.717, 1.165) is 49.8 Å². The van der Waals surface area contributed by atoms with E-state index in [1.807, 2.05) is 0 Å². The minimum absolute atomic E-state index is 0.0206. The molecule has 2 aliphatic carbocycles. The van der Waals surface area contributed by atoms with E-state index in [-0.39, 0.29) is 17.6 Å². The summed E-state index contributed by atoms with van der Waals surface area (Å²) in [5.74, 6) is -1.58. The maximum atomic E-state index is 15.0. The second kappa shape index (κ2) is 13.2. The van der Waals surface area contributed by atoms with Crippen LogP contribution in [0.15, 0.2) is 48.7 Å². The van der Waals surface area contributed by atoms with Gasteiger partial charge in [0.1, 0.15) is 22.9 Å². The van der Waals surface area contributed by atoms with E-state index in [0.29, 0.717) is 43.4 Å². The average molecular weight is 555 g/mol. The lowest BCUT2D eigenvalue weighted by atomic mass is 9.77. The number of benzene rings is 2. The smallest absolute Gasteiger partial charge is 0.389 e. The van der Waals surface area contributed by atoms with Gasteiger partial charge < -0.3 is 9.47 Å². The molecule has 4 rings (SSSR count). The third-order valence-electron chi connectivity index (χ3n) is 8.26. The third kappa shape index (κ3) is 7.80. The molecular formula is C31H36F6O2. The Morgan fingerprint density at radius 1 is 0.846 bits per heavy atom. The van der Waals surface area contributed by atoms with Crippen LogP contribution in [0.25, 0.3) is 0 Å². The van der Waals surface area contributed by atoms with Crippen molar-refractivity contribution in [2.45, 2.75) is 102 Å². The molecule has 214 valence electrons. The number of alkyl halides is 2. The van der Waals surface area contributed by atoms with Crippen molar-refractivity contribution in [1.82, 2.24) is 0 Å². The highest BCUT2D eigenvalue weighted by atomic mass is 19.3. The van der Waals surface area contributed by atoms with Crippen molar-refractivity contribution in [3.63, 3.8) is 0 Å². The Morgan fingerprint density at radius 2 is 1.41 bits per heavy atom. The quantitative estimate of drug-likeness (QED) is 0.215. The lowest BCUT2D eigenvalue weighted by Gasteiger charge is -2.32. The van der Waals surface area contributed by atoms with Crippen LogP contribution in [0.1, 0.15) is 106 Å². The number of unbranched alkanes of at least 4 members (excludes halogenated alkanes) is 1. The zero-order valence-corrected chi connectivity index (χ0v) is 22.2. The molecule has 2 saturated carbocycles. The first-order valence-corrected chi connectivity index (χ1v) is 14.0. The Balaban J connectivity index is 1.33. The van der Waals surface area contributed by atoms with Crippen molar-refractivity contribution >= 4 is 0 Å². The van der Waals surface area contributed by atoms with Crippen molar-refractivity contribution < 1.29 is 35.8 Å². The van der Waals surface area contributed by atoms with Crippen LogP contribution in [0.4, 0.5) is 26.3 Å². The highest BCUT2D eigenvalue weighted by Crippen LogP contribution is 2.43. The van der Waals surface area contributed by atoms with Crippen LogP contribution in [0.2, 0.25) is 0 Å². The van der Waals surface area contributed by atoms with Crippen molar-refractivity contribution in [3.8, 4) is 5.75 Å². The summed E-state index contributed by atoms with van der Waals surface area (Å²) in [5.41, 5.74) is 0.0602. The Morgan fingerprint density at radius 3 is 1.97 bits per heavy atom. The number of ether oxygens (including phenoxy) is 2. The van der Waals surface area contributed by atoms with Crippen molar-refractivity contribution in [2.75, 3.05) is 0 Å². The molecule has 39 heavy (non-hydrogen) atoms. The zero-order valence-electron chi connectivity index (χ0n) is 22.2. The average Bonchev–Trinajstić information content (AvgIpc) is 2.91. The monoisotopic (exact) mass is 554 g/mol. The molecule has 0 heterocycles. The minimum Gasteiger partial charge on any atom is -0.459 e. The van der Waals surface area contributed by atoms with Crippen LogP contribution in [0.5, 0.6) is 5.75 Å². The van der Waals surface area contributed by atoms with Gasteiger partial charge >= 0.3 is 12.2 Å². The molecule has 0 aromatic heterocycles. The van der Waals surface area contributed by atoms with E-state index in [2.05, 4.69) is 6.92 Å². The predicted octanol–water partition coefficient (Wildman–Crippen LogP) is 10.3.